The highest BCUT2D eigenvalue weighted by Crippen LogP contribution is 2.21. The van der Waals surface area contributed by atoms with Crippen LogP contribution in [-0.4, -0.2) is 47.7 Å². The number of piperidine rings is 1. The van der Waals surface area contributed by atoms with Crippen molar-refractivity contribution in [3.63, 3.8) is 0 Å². The van der Waals surface area contributed by atoms with Crippen LogP contribution < -0.4 is 0 Å². The zero-order valence-corrected chi connectivity index (χ0v) is 14.7. The van der Waals surface area contributed by atoms with E-state index in [1.54, 1.807) is 11.0 Å². The fraction of sp³-hybridized carbons (Fsp3) is 0.368. The monoisotopic (exact) mass is 359 g/mol. The molecule has 3 rings (SSSR count). The first-order chi connectivity index (χ1) is 12.1. The molecule has 1 amide bonds. The topological polar surface area (TPSA) is 66.8 Å². The van der Waals surface area contributed by atoms with E-state index in [-0.39, 0.29) is 16.9 Å². The summed E-state index contributed by atoms with van der Waals surface area (Å²) in [5, 5.41) is 8.96. The van der Waals surface area contributed by atoms with Gasteiger partial charge in [0.15, 0.2) is 0 Å². The maximum absolute atomic E-state index is 12.4. The predicted octanol–water partition coefficient (Wildman–Crippen LogP) is 3.31. The van der Waals surface area contributed by atoms with Crippen LogP contribution in [0.5, 0.6) is 0 Å². The fourth-order valence-electron chi connectivity index (χ4n) is 2.94. The largest absolute Gasteiger partial charge is 0.477 e. The number of hydrogen-bond acceptors (Lipinski definition) is 4. The average Bonchev–Trinajstić information content (AvgIpc) is 3.13. The second-order valence-corrected chi connectivity index (χ2v) is 7.15. The molecule has 1 fully saturated rings. The molecule has 2 heterocycles. The molecule has 1 N–H and O–H groups in total. The number of carbonyl (C=O) groups is 2. The van der Waals surface area contributed by atoms with Crippen molar-refractivity contribution in [1.29, 1.82) is 0 Å². The second-order valence-electron chi connectivity index (χ2n) is 6.07. The van der Waals surface area contributed by atoms with Crippen molar-refractivity contribution in [2.45, 2.75) is 25.4 Å². The average molecular weight is 359 g/mol. The summed E-state index contributed by atoms with van der Waals surface area (Å²) >= 11 is 1.03. The highest BCUT2D eigenvalue weighted by molar-refractivity contribution is 7.15. The first-order valence-corrected chi connectivity index (χ1v) is 9.23. The summed E-state index contributed by atoms with van der Waals surface area (Å²) in [6, 6.07) is 13.3. The van der Waals surface area contributed by atoms with Gasteiger partial charge in [-0.05, 0) is 37.0 Å². The minimum Gasteiger partial charge on any atom is -0.477 e. The molecule has 1 aliphatic heterocycles. The van der Waals surface area contributed by atoms with E-state index in [9.17, 15) is 9.59 Å². The van der Waals surface area contributed by atoms with Gasteiger partial charge in [-0.3, -0.25) is 4.79 Å². The van der Waals surface area contributed by atoms with Gasteiger partial charge in [0.25, 0.3) is 5.91 Å². The molecule has 6 heteroatoms. The van der Waals surface area contributed by atoms with E-state index < -0.39 is 5.97 Å². The first-order valence-electron chi connectivity index (χ1n) is 8.41. The van der Waals surface area contributed by atoms with Crippen LogP contribution in [0.25, 0.3) is 0 Å². The number of carboxylic acids is 1. The van der Waals surface area contributed by atoms with Gasteiger partial charge in [0.1, 0.15) is 4.88 Å². The van der Waals surface area contributed by atoms with E-state index in [0.29, 0.717) is 24.6 Å². The highest BCUT2D eigenvalue weighted by atomic mass is 32.1. The fourth-order valence-corrected chi connectivity index (χ4v) is 3.75. The summed E-state index contributed by atoms with van der Waals surface area (Å²) in [5.41, 5.74) is 1.27. The molecular weight excluding hydrogens is 338 g/mol. The molecule has 0 saturated carbocycles. The lowest BCUT2D eigenvalue weighted by Crippen LogP contribution is -2.40. The van der Waals surface area contributed by atoms with Crippen molar-refractivity contribution in [1.82, 2.24) is 4.90 Å². The highest BCUT2D eigenvalue weighted by Gasteiger charge is 2.25. The Hall–Kier alpha value is -2.18. The molecule has 5 nitrogen and oxygen atoms in total. The summed E-state index contributed by atoms with van der Waals surface area (Å²) in [4.78, 5) is 25.8. The minimum absolute atomic E-state index is 0.0831. The number of rotatable bonds is 6. The van der Waals surface area contributed by atoms with Crippen molar-refractivity contribution in [3.05, 3.63) is 57.8 Å². The summed E-state index contributed by atoms with van der Waals surface area (Å²) in [5.74, 6) is -1.07. The van der Waals surface area contributed by atoms with Crippen molar-refractivity contribution in [2.75, 3.05) is 19.7 Å². The number of benzene rings is 1. The lowest BCUT2D eigenvalue weighted by atomic mass is 10.1. The summed E-state index contributed by atoms with van der Waals surface area (Å²) < 4.78 is 5.94. The smallest absolute Gasteiger partial charge is 0.345 e. The zero-order valence-electron chi connectivity index (χ0n) is 13.9. The van der Waals surface area contributed by atoms with Crippen LogP contribution in [0.1, 0.15) is 37.7 Å². The van der Waals surface area contributed by atoms with Crippen LogP contribution in [0.2, 0.25) is 0 Å². The lowest BCUT2D eigenvalue weighted by molar-refractivity contribution is 0.0102. The summed E-state index contributed by atoms with van der Waals surface area (Å²) in [6.07, 6.45) is 2.72. The third kappa shape index (κ3) is 4.67. The number of carbonyl (C=O) groups excluding carboxylic acids is 1. The molecule has 0 radical (unpaired) electrons. The van der Waals surface area contributed by atoms with E-state index in [2.05, 4.69) is 12.1 Å². The SMILES string of the molecule is O=C(O)c1ccc(C(=O)N2CCC(OCCc3ccccc3)CC2)s1. The Morgan fingerprint density at radius 2 is 1.76 bits per heavy atom. The van der Waals surface area contributed by atoms with E-state index in [1.165, 1.54) is 11.6 Å². The molecule has 25 heavy (non-hydrogen) atoms. The van der Waals surface area contributed by atoms with Crippen LogP contribution in [-0.2, 0) is 11.2 Å². The molecule has 0 unspecified atom stereocenters. The molecule has 1 aliphatic rings. The molecule has 2 aromatic rings. The number of aromatic carboxylic acids is 1. The Kier molecular flexibility index (Phi) is 5.83. The molecule has 1 aromatic heterocycles. The van der Waals surface area contributed by atoms with Crippen LogP contribution in [0.4, 0.5) is 0 Å². The Morgan fingerprint density at radius 3 is 2.40 bits per heavy atom. The molecule has 1 saturated heterocycles. The van der Waals surface area contributed by atoms with Crippen LogP contribution in [0.15, 0.2) is 42.5 Å². The van der Waals surface area contributed by atoms with Crippen LogP contribution >= 0.6 is 11.3 Å². The second kappa shape index (κ2) is 8.27. The van der Waals surface area contributed by atoms with Crippen molar-refractivity contribution in [2.24, 2.45) is 0 Å². The molecule has 0 aliphatic carbocycles. The van der Waals surface area contributed by atoms with E-state index in [0.717, 1.165) is 30.6 Å². The molecule has 132 valence electrons. The number of carboxylic acid groups (broad SMARTS) is 1. The predicted molar refractivity (Wildman–Crippen MR) is 96.3 cm³/mol. The van der Waals surface area contributed by atoms with Crippen molar-refractivity contribution < 1.29 is 19.4 Å². The standard InChI is InChI=1S/C19H21NO4S/c21-18(16-6-7-17(25-16)19(22)23)20-11-8-15(9-12-20)24-13-10-14-4-2-1-3-5-14/h1-7,15H,8-13H2,(H,22,23). The minimum atomic E-state index is -0.991. The maximum Gasteiger partial charge on any atom is 0.345 e. The Balaban J connectivity index is 1.43. The zero-order chi connectivity index (χ0) is 17.6. The first kappa shape index (κ1) is 17.6. The number of ether oxygens (including phenoxy) is 1. The number of thiophene rings is 1. The normalized spacial score (nSPS) is 15.3. The Morgan fingerprint density at radius 1 is 1.08 bits per heavy atom. The molecular formula is C19H21NO4S. The van der Waals surface area contributed by atoms with Gasteiger partial charge in [-0.15, -0.1) is 11.3 Å². The van der Waals surface area contributed by atoms with E-state index in [4.69, 9.17) is 9.84 Å². The molecule has 0 spiro atoms. The van der Waals surface area contributed by atoms with Gasteiger partial charge in [-0.25, -0.2) is 4.79 Å². The van der Waals surface area contributed by atoms with Gasteiger partial charge in [0, 0.05) is 13.1 Å². The van der Waals surface area contributed by atoms with Crippen LogP contribution in [0, 0.1) is 0 Å². The number of likely N-dealkylation sites (tertiary alicyclic amines) is 1. The third-order valence-corrected chi connectivity index (χ3v) is 5.41. The van der Waals surface area contributed by atoms with E-state index in [1.807, 2.05) is 18.2 Å². The van der Waals surface area contributed by atoms with Crippen molar-refractivity contribution >= 4 is 23.2 Å². The molecule has 0 bridgehead atoms. The van der Waals surface area contributed by atoms with Gasteiger partial charge >= 0.3 is 5.97 Å². The summed E-state index contributed by atoms with van der Waals surface area (Å²) in [6.45, 7) is 1.99. The molecule has 0 atom stereocenters. The molecule has 1 aromatic carbocycles. The number of nitrogens with zero attached hydrogens (tertiary/aromatic N) is 1. The van der Waals surface area contributed by atoms with Gasteiger partial charge in [-0.1, -0.05) is 30.3 Å². The Bertz CT molecular complexity index is 720. The number of hydrogen-bond donors (Lipinski definition) is 1. The Labute approximate surface area is 150 Å². The maximum atomic E-state index is 12.4. The van der Waals surface area contributed by atoms with Gasteiger partial charge < -0.3 is 14.7 Å². The summed E-state index contributed by atoms with van der Waals surface area (Å²) in [7, 11) is 0. The van der Waals surface area contributed by atoms with E-state index >= 15 is 0 Å². The quantitative estimate of drug-likeness (QED) is 0.859. The van der Waals surface area contributed by atoms with Gasteiger partial charge in [0.05, 0.1) is 17.6 Å². The lowest BCUT2D eigenvalue weighted by Gasteiger charge is -2.31. The van der Waals surface area contributed by atoms with Gasteiger partial charge in [-0.2, -0.15) is 0 Å². The van der Waals surface area contributed by atoms with Crippen LogP contribution in [0.3, 0.4) is 0 Å². The van der Waals surface area contributed by atoms with Crippen molar-refractivity contribution in [3.8, 4) is 0 Å². The third-order valence-electron chi connectivity index (χ3n) is 4.34. The van der Waals surface area contributed by atoms with Gasteiger partial charge in [0.2, 0.25) is 0 Å². The number of amides is 1.